The van der Waals surface area contributed by atoms with E-state index in [1.165, 1.54) is 81.1 Å². The number of rotatable bonds is 11. The van der Waals surface area contributed by atoms with Crippen LogP contribution in [-0.2, 0) is 40.3 Å². The summed E-state index contributed by atoms with van der Waals surface area (Å²) in [5.41, 5.74) is 11.2. The zero-order chi connectivity index (χ0) is 41.0. The zero-order valence-corrected chi connectivity index (χ0v) is 31.2. The van der Waals surface area contributed by atoms with Gasteiger partial charge in [-0.2, -0.15) is 37.7 Å². The zero-order valence-electron chi connectivity index (χ0n) is 31.2. The predicted molar refractivity (Wildman–Crippen MR) is 194 cm³/mol. The van der Waals surface area contributed by atoms with E-state index in [1.807, 2.05) is 0 Å². The Labute approximate surface area is 314 Å². The molecule has 0 aliphatic rings. The van der Waals surface area contributed by atoms with E-state index in [9.17, 15) is 19.2 Å². The second-order valence-corrected chi connectivity index (χ2v) is 13.2. The molecular formula is C36H38F4N12O4. The molecule has 2 aromatic carbocycles. The highest BCUT2D eigenvalue weighted by atomic mass is 19.3. The molecule has 0 radical (unpaired) electrons. The molecule has 0 aliphatic heterocycles. The third-order valence-electron chi connectivity index (χ3n) is 9.40. The van der Waals surface area contributed by atoms with Crippen molar-refractivity contribution in [2.24, 2.45) is 35.5 Å². The Morgan fingerprint density at radius 1 is 0.625 bits per heavy atom. The maximum absolute atomic E-state index is 16.4. The lowest BCUT2D eigenvalue weighted by atomic mass is 10.1. The molecule has 16 nitrogen and oxygen atoms in total. The van der Waals surface area contributed by atoms with Crippen LogP contribution in [0.15, 0.2) is 58.5 Å². The SMILES string of the molecule is CCn1nc(C)cc1C(=O)N=c1n(C)c2cc(C(N)=O)ccc2n1CC(F)(F)C(F)(F)Cn1c(=NC(=O)c2cc(C)nn2CC)n(C)c2cc(C(N)=O)ccc21. The van der Waals surface area contributed by atoms with Gasteiger partial charge in [-0.3, -0.25) is 28.5 Å². The summed E-state index contributed by atoms with van der Waals surface area (Å²) in [6.45, 7) is 3.93. The van der Waals surface area contributed by atoms with Gasteiger partial charge in [-0.1, -0.05) is 0 Å². The highest BCUT2D eigenvalue weighted by Gasteiger charge is 2.57. The average molecular weight is 779 g/mol. The van der Waals surface area contributed by atoms with Gasteiger partial charge in [0.05, 0.1) is 46.5 Å². The minimum Gasteiger partial charge on any atom is -0.366 e. The van der Waals surface area contributed by atoms with Crippen molar-refractivity contribution in [3.8, 4) is 0 Å². The largest absolute Gasteiger partial charge is 0.366 e. The molecule has 294 valence electrons. The van der Waals surface area contributed by atoms with Crippen molar-refractivity contribution in [1.29, 1.82) is 0 Å². The van der Waals surface area contributed by atoms with Crippen molar-refractivity contribution in [1.82, 2.24) is 37.8 Å². The van der Waals surface area contributed by atoms with Gasteiger partial charge in [-0.15, -0.1) is 0 Å². The molecule has 0 aliphatic carbocycles. The summed E-state index contributed by atoms with van der Waals surface area (Å²) < 4.78 is 72.4. The van der Waals surface area contributed by atoms with E-state index in [0.717, 1.165) is 9.13 Å². The van der Waals surface area contributed by atoms with Crippen LogP contribution in [0.3, 0.4) is 0 Å². The number of carbonyl (C=O) groups is 4. The third kappa shape index (κ3) is 6.81. The third-order valence-corrected chi connectivity index (χ3v) is 9.40. The first-order valence-corrected chi connectivity index (χ1v) is 17.3. The van der Waals surface area contributed by atoms with Gasteiger partial charge in [0.15, 0.2) is 0 Å². The smallest absolute Gasteiger partial charge is 0.329 e. The van der Waals surface area contributed by atoms with Crippen LogP contribution >= 0.6 is 0 Å². The predicted octanol–water partition coefficient (Wildman–Crippen LogP) is 2.97. The van der Waals surface area contributed by atoms with Crippen LogP contribution in [0.5, 0.6) is 0 Å². The monoisotopic (exact) mass is 778 g/mol. The molecule has 4 aromatic heterocycles. The Balaban J connectivity index is 1.50. The van der Waals surface area contributed by atoms with Crippen LogP contribution in [0, 0.1) is 13.8 Å². The van der Waals surface area contributed by atoms with Gasteiger partial charge in [0, 0.05) is 38.3 Å². The van der Waals surface area contributed by atoms with Crippen LogP contribution in [-0.4, -0.2) is 73.3 Å². The Bertz CT molecular complexity index is 2560. The lowest BCUT2D eigenvalue weighted by Gasteiger charge is -2.27. The molecule has 0 fully saturated rings. The van der Waals surface area contributed by atoms with Crippen LogP contribution in [0.25, 0.3) is 22.1 Å². The Morgan fingerprint density at radius 2 is 0.982 bits per heavy atom. The number of hydrogen-bond acceptors (Lipinski definition) is 6. The van der Waals surface area contributed by atoms with Crippen molar-refractivity contribution in [2.75, 3.05) is 0 Å². The standard InChI is InChI=1S/C36H38F4N12O4/c1-7-51-27(13-19(3)45-51)31(55)43-33-47(5)25-15-21(29(41)53)9-11-23(25)49(33)17-35(37,38)36(39,40)18-50-24-12-10-22(30(42)54)16-26(24)48(6)34(50)44-32(56)28-14-20(4)46-52(28)8-2/h9-16H,7-8,17-18H2,1-6H3,(H2,41,53)(H2,42,54). The molecule has 6 rings (SSSR count). The number of carbonyl (C=O) groups excluding carboxylic acids is 4. The summed E-state index contributed by atoms with van der Waals surface area (Å²) in [5.74, 6) is -13.2. The molecule has 0 atom stereocenters. The van der Waals surface area contributed by atoms with E-state index in [0.29, 0.717) is 11.4 Å². The number of nitrogens with two attached hydrogens (primary N) is 2. The molecular weight excluding hydrogens is 740 g/mol. The molecule has 0 saturated heterocycles. The van der Waals surface area contributed by atoms with Crippen molar-refractivity contribution >= 4 is 45.7 Å². The molecule has 4 amide bonds. The van der Waals surface area contributed by atoms with Gasteiger partial charge < -0.3 is 29.7 Å². The minimum atomic E-state index is -4.87. The van der Waals surface area contributed by atoms with Crippen molar-refractivity contribution < 1.29 is 36.7 Å². The number of aromatic nitrogens is 8. The lowest BCUT2D eigenvalue weighted by Crippen LogP contribution is -2.49. The average Bonchev–Trinajstić information content (AvgIpc) is 3.86. The van der Waals surface area contributed by atoms with Crippen LogP contribution < -0.4 is 22.7 Å². The number of amides is 4. The summed E-state index contributed by atoms with van der Waals surface area (Å²) in [4.78, 5) is 59.2. The molecule has 4 N–H and O–H groups in total. The van der Waals surface area contributed by atoms with Gasteiger partial charge in [-0.25, -0.2) is 0 Å². The van der Waals surface area contributed by atoms with Gasteiger partial charge in [-0.05, 0) is 76.2 Å². The van der Waals surface area contributed by atoms with E-state index >= 15 is 17.6 Å². The molecule has 56 heavy (non-hydrogen) atoms. The van der Waals surface area contributed by atoms with E-state index in [1.54, 1.807) is 27.7 Å². The number of imidazole rings is 2. The molecule has 0 saturated carbocycles. The first kappa shape index (κ1) is 39.1. The van der Waals surface area contributed by atoms with E-state index in [4.69, 9.17) is 11.5 Å². The molecule has 6 aromatic rings. The summed E-state index contributed by atoms with van der Waals surface area (Å²) in [7, 11) is 2.74. The molecule has 0 bridgehead atoms. The summed E-state index contributed by atoms with van der Waals surface area (Å²) in [6.07, 6.45) is 0. The van der Waals surface area contributed by atoms with E-state index in [2.05, 4.69) is 20.2 Å². The summed E-state index contributed by atoms with van der Waals surface area (Å²) in [5, 5.41) is 8.44. The number of benzene rings is 2. The molecule has 4 heterocycles. The summed E-state index contributed by atoms with van der Waals surface area (Å²) >= 11 is 0. The highest BCUT2D eigenvalue weighted by Crippen LogP contribution is 2.38. The number of hydrogen-bond donors (Lipinski definition) is 2. The van der Waals surface area contributed by atoms with Crippen molar-refractivity contribution in [3.05, 3.63) is 93.7 Å². The maximum atomic E-state index is 16.4. The van der Waals surface area contributed by atoms with Crippen LogP contribution in [0.4, 0.5) is 17.6 Å². The fraction of sp³-hybridized carbons (Fsp3) is 0.333. The maximum Gasteiger partial charge on any atom is 0.329 e. The molecule has 0 unspecified atom stereocenters. The lowest BCUT2D eigenvalue weighted by molar-refractivity contribution is -0.221. The van der Waals surface area contributed by atoms with Gasteiger partial charge in [0.1, 0.15) is 11.4 Å². The number of primary amides is 2. The first-order valence-electron chi connectivity index (χ1n) is 17.3. The number of halogens is 4. The first-order chi connectivity index (χ1) is 26.3. The minimum absolute atomic E-state index is 0.00489. The van der Waals surface area contributed by atoms with E-state index < -0.39 is 59.8 Å². The Hall–Kier alpha value is -6.60. The molecule has 20 heteroatoms. The van der Waals surface area contributed by atoms with Gasteiger partial charge in [0.25, 0.3) is 11.8 Å². The number of fused-ring (bicyclic) bond motifs is 2. The highest BCUT2D eigenvalue weighted by molar-refractivity contribution is 5.98. The van der Waals surface area contributed by atoms with Crippen LogP contribution in [0.1, 0.15) is 66.9 Å². The van der Waals surface area contributed by atoms with Crippen molar-refractivity contribution in [3.63, 3.8) is 0 Å². The summed E-state index contributed by atoms with van der Waals surface area (Å²) in [6, 6.07) is 10.4. The normalized spacial score (nSPS) is 13.0. The van der Waals surface area contributed by atoms with Gasteiger partial charge in [0.2, 0.25) is 23.1 Å². The fourth-order valence-corrected chi connectivity index (χ4v) is 6.56. The number of nitrogens with zero attached hydrogens (tertiary/aromatic N) is 10. The second-order valence-electron chi connectivity index (χ2n) is 13.2. The number of alkyl halides is 4. The molecule has 0 spiro atoms. The Morgan fingerprint density at radius 3 is 1.30 bits per heavy atom. The number of aryl methyl sites for hydroxylation is 6. The second kappa shape index (κ2) is 14.2. The van der Waals surface area contributed by atoms with Crippen LogP contribution in [0.2, 0.25) is 0 Å². The fourth-order valence-electron chi connectivity index (χ4n) is 6.56. The quantitative estimate of drug-likeness (QED) is 0.190. The topological polar surface area (TPSA) is 200 Å². The van der Waals surface area contributed by atoms with Crippen molar-refractivity contribution in [2.45, 2.75) is 65.7 Å². The van der Waals surface area contributed by atoms with Gasteiger partial charge >= 0.3 is 11.8 Å². The van der Waals surface area contributed by atoms with E-state index in [-0.39, 0.29) is 57.7 Å². The Kier molecular flexibility index (Phi) is 9.94.